The summed E-state index contributed by atoms with van der Waals surface area (Å²) in [5.74, 6) is 0.881. The van der Waals surface area contributed by atoms with E-state index >= 15 is 0 Å². The first-order valence-electron chi connectivity index (χ1n) is 19.8. The molecule has 1 N–H and O–H groups in total. The van der Waals surface area contributed by atoms with Gasteiger partial charge in [-0.05, 0) is 54.6 Å². The van der Waals surface area contributed by atoms with Crippen molar-refractivity contribution in [3.63, 3.8) is 0 Å². The molecule has 58 heavy (non-hydrogen) atoms. The summed E-state index contributed by atoms with van der Waals surface area (Å²) in [4.78, 5) is 5.03. The van der Waals surface area contributed by atoms with E-state index in [2.05, 4.69) is 212 Å². The minimum atomic E-state index is -0.111. The maximum absolute atomic E-state index is 5.03. The van der Waals surface area contributed by atoms with Crippen LogP contribution >= 0.6 is 0 Å². The number of nitrogens with one attached hydrogen (secondary N) is 1. The lowest BCUT2D eigenvalue weighted by Gasteiger charge is -2.24. The highest BCUT2D eigenvalue weighted by Gasteiger charge is 2.24. The molecule has 272 valence electrons. The van der Waals surface area contributed by atoms with Crippen molar-refractivity contribution in [1.82, 2.24) is 28.6 Å². The molecule has 1 aliphatic rings. The zero-order valence-corrected chi connectivity index (χ0v) is 31.3. The molecule has 1 aliphatic heterocycles. The zero-order chi connectivity index (χ0) is 37.9. The number of benzene rings is 7. The molecular weight excluding hydrogens is 709 g/mol. The standard InChI is InChI=1S/C52H34N6/c1-9-21-45-35(13-1)36-14-2-10-22-46(36)57(45)49-31-33(27-29-53-49)55-43-19-7-5-17-39(43)41-25-26-42-40-18-6-8-20-44(40)56(52(42)51(41)55)34-28-30-54-50(32-34)58-47-23-11-3-15-37(47)38-16-4-12-24-48(38)58/h1-32,49,53H. The van der Waals surface area contributed by atoms with Crippen molar-refractivity contribution < 1.29 is 0 Å². The first-order valence-corrected chi connectivity index (χ1v) is 19.8. The van der Waals surface area contributed by atoms with E-state index in [4.69, 9.17) is 4.98 Å². The van der Waals surface area contributed by atoms with Gasteiger partial charge in [-0.15, -0.1) is 0 Å². The molecule has 13 rings (SSSR count). The molecule has 6 nitrogen and oxygen atoms in total. The second-order valence-electron chi connectivity index (χ2n) is 15.2. The van der Waals surface area contributed by atoms with Gasteiger partial charge in [-0.1, -0.05) is 121 Å². The van der Waals surface area contributed by atoms with Crippen LogP contribution in [0.15, 0.2) is 194 Å². The van der Waals surface area contributed by atoms with Gasteiger partial charge in [0.15, 0.2) is 0 Å². The van der Waals surface area contributed by atoms with E-state index in [1.165, 1.54) is 65.2 Å². The van der Waals surface area contributed by atoms with E-state index in [9.17, 15) is 0 Å². The van der Waals surface area contributed by atoms with Gasteiger partial charge in [0, 0.05) is 67.2 Å². The van der Waals surface area contributed by atoms with Crippen LogP contribution in [0.2, 0.25) is 0 Å². The van der Waals surface area contributed by atoms with Crippen LogP contribution in [0.25, 0.3) is 104 Å². The van der Waals surface area contributed by atoms with Crippen LogP contribution in [0, 0.1) is 0 Å². The van der Waals surface area contributed by atoms with Crippen molar-refractivity contribution in [2.24, 2.45) is 0 Å². The van der Waals surface area contributed by atoms with Crippen LogP contribution in [-0.2, 0) is 0 Å². The van der Waals surface area contributed by atoms with Crippen LogP contribution in [0.1, 0.15) is 6.17 Å². The van der Waals surface area contributed by atoms with Crippen molar-refractivity contribution in [1.29, 1.82) is 0 Å². The summed E-state index contributed by atoms with van der Waals surface area (Å²) in [6.45, 7) is 0. The van der Waals surface area contributed by atoms with Crippen molar-refractivity contribution in [3.05, 3.63) is 194 Å². The summed E-state index contributed by atoms with van der Waals surface area (Å²) in [6.07, 6.45) is 8.55. The molecule has 0 spiro atoms. The van der Waals surface area contributed by atoms with Crippen molar-refractivity contribution in [2.75, 3.05) is 0 Å². The van der Waals surface area contributed by atoms with Gasteiger partial charge < -0.3 is 19.0 Å². The van der Waals surface area contributed by atoms with Crippen LogP contribution in [0.4, 0.5) is 0 Å². The quantitative estimate of drug-likeness (QED) is 0.195. The Morgan fingerprint density at radius 2 is 0.845 bits per heavy atom. The van der Waals surface area contributed by atoms with Crippen molar-refractivity contribution in [3.8, 4) is 11.5 Å². The highest BCUT2D eigenvalue weighted by atomic mass is 15.2. The van der Waals surface area contributed by atoms with Crippen molar-refractivity contribution >= 4 is 92.9 Å². The normalized spacial score (nSPS) is 14.6. The van der Waals surface area contributed by atoms with Crippen molar-refractivity contribution in [2.45, 2.75) is 6.17 Å². The zero-order valence-electron chi connectivity index (χ0n) is 31.3. The van der Waals surface area contributed by atoms with Gasteiger partial charge in [0.05, 0.1) is 49.8 Å². The van der Waals surface area contributed by atoms with Crippen LogP contribution < -0.4 is 5.32 Å². The molecule has 6 heterocycles. The minimum Gasteiger partial charge on any atom is -0.368 e. The molecule has 5 aromatic heterocycles. The molecule has 0 saturated heterocycles. The van der Waals surface area contributed by atoms with Crippen LogP contribution in [0.5, 0.6) is 0 Å². The fourth-order valence-corrected chi connectivity index (χ4v) is 9.92. The van der Waals surface area contributed by atoms with E-state index < -0.39 is 0 Å². The number of allylic oxidation sites excluding steroid dienone is 2. The molecular formula is C52H34N6. The molecule has 0 radical (unpaired) electrons. The van der Waals surface area contributed by atoms with Gasteiger partial charge in [0.25, 0.3) is 0 Å². The number of para-hydroxylation sites is 6. The van der Waals surface area contributed by atoms with E-state index in [0.29, 0.717) is 0 Å². The molecule has 0 saturated carbocycles. The second-order valence-corrected chi connectivity index (χ2v) is 15.2. The Bertz CT molecular complexity index is 3630. The number of dihydropyridines is 1. The van der Waals surface area contributed by atoms with E-state index in [1.807, 2.05) is 6.20 Å². The maximum Gasteiger partial charge on any atom is 0.139 e. The monoisotopic (exact) mass is 742 g/mol. The predicted molar refractivity (Wildman–Crippen MR) is 241 cm³/mol. The van der Waals surface area contributed by atoms with E-state index in [-0.39, 0.29) is 6.17 Å². The second kappa shape index (κ2) is 11.8. The molecule has 0 bridgehead atoms. The smallest absolute Gasteiger partial charge is 0.139 e. The largest absolute Gasteiger partial charge is 0.368 e. The lowest BCUT2D eigenvalue weighted by atomic mass is 10.1. The number of aromatic nitrogens is 5. The number of nitrogens with zero attached hydrogens (tertiary/aromatic N) is 5. The summed E-state index contributed by atoms with van der Waals surface area (Å²) >= 11 is 0. The van der Waals surface area contributed by atoms with Gasteiger partial charge in [0.1, 0.15) is 12.0 Å². The SMILES string of the molecule is C1=CC(n2c3ccccc3c3ccc4c5ccccc5n(-c5ccnc(-n6c7ccccc7c7ccccc76)c5)c4c32)=CC(n2c3ccccc3c3ccccc32)N1. The Hall–Kier alpha value is -7.83. The fourth-order valence-electron chi connectivity index (χ4n) is 9.92. The maximum atomic E-state index is 5.03. The van der Waals surface area contributed by atoms with Gasteiger partial charge in [-0.2, -0.15) is 0 Å². The topological polar surface area (TPSA) is 44.6 Å². The Labute approximate surface area is 332 Å². The summed E-state index contributed by atoms with van der Waals surface area (Å²) in [6, 6.07) is 61.3. The number of fused-ring (bicyclic) bond motifs is 13. The minimum absolute atomic E-state index is 0.111. The first kappa shape index (κ1) is 31.4. The average molecular weight is 743 g/mol. The third kappa shape index (κ3) is 4.23. The van der Waals surface area contributed by atoms with Crippen LogP contribution in [0.3, 0.4) is 0 Å². The molecule has 1 unspecified atom stereocenters. The number of rotatable bonds is 4. The van der Waals surface area contributed by atoms with E-state index in [1.54, 1.807) is 0 Å². The first-order chi connectivity index (χ1) is 28.8. The number of hydrogen-bond acceptors (Lipinski definition) is 2. The average Bonchev–Trinajstić information content (AvgIpc) is 4.02. The Kier molecular flexibility index (Phi) is 6.41. The van der Waals surface area contributed by atoms with Gasteiger partial charge in [-0.25, -0.2) is 4.98 Å². The van der Waals surface area contributed by atoms with E-state index in [0.717, 1.165) is 39.3 Å². The lowest BCUT2D eigenvalue weighted by molar-refractivity contribution is 0.577. The lowest BCUT2D eigenvalue weighted by Crippen LogP contribution is -2.23. The molecule has 12 aromatic rings. The predicted octanol–water partition coefficient (Wildman–Crippen LogP) is 12.6. The number of pyridine rings is 1. The Morgan fingerprint density at radius 3 is 1.40 bits per heavy atom. The fraction of sp³-hybridized carbons (Fsp3) is 0.0192. The Balaban J connectivity index is 1.11. The van der Waals surface area contributed by atoms with Gasteiger partial charge in [0.2, 0.25) is 0 Å². The summed E-state index contributed by atoms with van der Waals surface area (Å²) < 4.78 is 9.67. The van der Waals surface area contributed by atoms with Gasteiger partial charge >= 0.3 is 0 Å². The molecule has 0 amide bonds. The third-order valence-corrected chi connectivity index (χ3v) is 12.3. The highest BCUT2D eigenvalue weighted by molar-refractivity contribution is 6.24. The third-order valence-electron chi connectivity index (χ3n) is 12.3. The summed E-state index contributed by atoms with van der Waals surface area (Å²) in [7, 11) is 0. The summed E-state index contributed by atoms with van der Waals surface area (Å²) in [5, 5.41) is 13.5. The molecule has 7 aromatic carbocycles. The van der Waals surface area contributed by atoms with Gasteiger partial charge in [-0.3, -0.25) is 4.57 Å². The number of hydrogen-bond donors (Lipinski definition) is 1. The molecule has 0 aliphatic carbocycles. The molecule has 1 atom stereocenters. The Morgan fingerprint density at radius 1 is 0.414 bits per heavy atom. The summed E-state index contributed by atoms with van der Waals surface area (Å²) in [5.41, 5.74) is 11.5. The van der Waals surface area contributed by atoms with Crippen LogP contribution in [-0.4, -0.2) is 23.3 Å². The highest BCUT2D eigenvalue weighted by Crippen LogP contribution is 2.43. The molecule has 0 fully saturated rings. The molecule has 6 heteroatoms.